The van der Waals surface area contributed by atoms with Crippen LogP contribution in [-0.4, -0.2) is 47.4 Å². The number of benzene rings is 1. The second kappa shape index (κ2) is 8.18. The molecule has 2 N–H and O–H groups in total. The summed E-state index contributed by atoms with van der Waals surface area (Å²) < 4.78 is 15.9. The zero-order chi connectivity index (χ0) is 18.4. The van der Waals surface area contributed by atoms with E-state index in [-0.39, 0.29) is 12.1 Å². The van der Waals surface area contributed by atoms with Gasteiger partial charge in [-0.2, -0.15) is 15.0 Å². The summed E-state index contributed by atoms with van der Waals surface area (Å²) in [5.41, 5.74) is 0.799. The van der Waals surface area contributed by atoms with Crippen LogP contribution >= 0.6 is 0 Å². The van der Waals surface area contributed by atoms with Gasteiger partial charge in [-0.3, -0.25) is 0 Å². The molecule has 8 heteroatoms. The van der Waals surface area contributed by atoms with Gasteiger partial charge >= 0.3 is 6.01 Å². The van der Waals surface area contributed by atoms with Crippen molar-refractivity contribution in [2.45, 2.75) is 19.9 Å². The molecule has 8 nitrogen and oxygen atoms in total. The summed E-state index contributed by atoms with van der Waals surface area (Å²) in [5.74, 6) is 2.24. The molecule has 25 heavy (non-hydrogen) atoms. The Morgan fingerprint density at radius 2 is 1.60 bits per heavy atom. The van der Waals surface area contributed by atoms with E-state index in [0.717, 1.165) is 5.56 Å². The van der Waals surface area contributed by atoms with Crippen molar-refractivity contribution < 1.29 is 19.3 Å². The van der Waals surface area contributed by atoms with Crippen LogP contribution in [0.25, 0.3) is 12.2 Å². The largest absolute Gasteiger partial charge is 0.493 e. The van der Waals surface area contributed by atoms with Gasteiger partial charge in [-0.15, -0.1) is 0 Å². The summed E-state index contributed by atoms with van der Waals surface area (Å²) >= 11 is 0. The van der Waals surface area contributed by atoms with Crippen LogP contribution in [0, 0.1) is 0 Å². The summed E-state index contributed by atoms with van der Waals surface area (Å²) in [6.07, 6.45) is 3.44. The second-order valence-electron chi connectivity index (χ2n) is 5.41. The molecule has 0 fully saturated rings. The van der Waals surface area contributed by atoms with Gasteiger partial charge in [0.25, 0.3) is 0 Å². The molecule has 0 bridgehead atoms. The van der Waals surface area contributed by atoms with Gasteiger partial charge in [-0.25, -0.2) is 0 Å². The Morgan fingerprint density at radius 1 is 0.960 bits per heavy atom. The number of nitrogens with one attached hydrogen (secondary N) is 1. The molecule has 0 atom stereocenters. The average Bonchev–Trinajstić information content (AvgIpc) is 2.57. The molecule has 134 valence electrons. The van der Waals surface area contributed by atoms with Gasteiger partial charge in [0.2, 0.25) is 11.7 Å². The highest BCUT2D eigenvalue weighted by molar-refractivity contribution is 5.71. The van der Waals surface area contributed by atoms with E-state index < -0.39 is 0 Å². The SMILES string of the molecule is COc1cc(/C=C/c2nc(O)nc(NC(C)C)n2)cc(OC)c1OC. The van der Waals surface area contributed by atoms with Gasteiger partial charge in [0.05, 0.1) is 21.3 Å². The van der Waals surface area contributed by atoms with Gasteiger partial charge < -0.3 is 24.6 Å². The first-order chi connectivity index (χ1) is 12.0. The van der Waals surface area contributed by atoms with Crippen molar-refractivity contribution in [1.29, 1.82) is 0 Å². The molecular formula is C17H22N4O4. The van der Waals surface area contributed by atoms with Crippen LogP contribution in [0.5, 0.6) is 23.3 Å². The Kier molecular flexibility index (Phi) is 5.99. The molecule has 0 radical (unpaired) electrons. The normalized spacial score (nSPS) is 11.0. The molecule has 2 aromatic rings. The van der Waals surface area contributed by atoms with Crippen LogP contribution in [0.15, 0.2) is 12.1 Å². The minimum absolute atomic E-state index is 0.133. The maximum absolute atomic E-state index is 9.64. The number of nitrogens with zero attached hydrogens (tertiary/aromatic N) is 3. The highest BCUT2D eigenvalue weighted by Gasteiger charge is 2.12. The number of rotatable bonds is 7. The quantitative estimate of drug-likeness (QED) is 0.789. The van der Waals surface area contributed by atoms with E-state index in [2.05, 4.69) is 20.3 Å². The lowest BCUT2D eigenvalue weighted by molar-refractivity contribution is 0.324. The zero-order valence-electron chi connectivity index (χ0n) is 14.9. The third-order valence-electron chi connectivity index (χ3n) is 3.17. The first kappa shape index (κ1) is 18.3. The van der Waals surface area contributed by atoms with Crippen molar-refractivity contribution in [1.82, 2.24) is 15.0 Å². The fraction of sp³-hybridized carbons (Fsp3) is 0.353. The van der Waals surface area contributed by atoms with E-state index in [4.69, 9.17) is 14.2 Å². The lowest BCUT2D eigenvalue weighted by Gasteiger charge is -2.12. The summed E-state index contributed by atoms with van der Waals surface area (Å²) in [4.78, 5) is 12.0. The molecule has 0 spiro atoms. The zero-order valence-corrected chi connectivity index (χ0v) is 14.9. The summed E-state index contributed by atoms with van der Waals surface area (Å²) in [6, 6.07) is 3.38. The highest BCUT2D eigenvalue weighted by Crippen LogP contribution is 2.38. The van der Waals surface area contributed by atoms with Crippen LogP contribution in [0.1, 0.15) is 25.2 Å². The van der Waals surface area contributed by atoms with Crippen LogP contribution in [0.4, 0.5) is 5.95 Å². The Labute approximate surface area is 146 Å². The number of anilines is 1. The maximum atomic E-state index is 9.64. The molecule has 0 amide bonds. The van der Waals surface area contributed by atoms with Gasteiger partial charge in [-0.1, -0.05) is 6.08 Å². The van der Waals surface area contributed by atoms with Crippen LogP contribution < -0.4 is 19.5 Å². The Hall–Kier alpha value is -3.03. The lowest BCUT2D eigenvalue weighted by atomic mass is 10.1. The van der Waals surface area contributed by atoms with Crippen molar-refractivity contribution in [2.75, 3.05) is 26.6 Å². The molecule has 0 aliphatic rings. The topological polar surface area (TPSA) is 98.6 Å². The minimum Gasteiger partial charge on any atom is -0.493 e. The number of aromatic nitrogens is 3. The van der Waals surface area contributed by atoms with E-state index in [0.29, 0.717) is 29.0 Å². The van der Waals surface area contributed by atoms with Crippen molar-refractivity contribution in [3.8, 4) is 23.3 Å². The highest BCUT2D eigenvalue weighted by atomic mass is 16.5. The van der Waals surface area contributed by atoms with Gasteiger partial charge in [0, 0.05) is 6.04 Å². The lowest BCUT2D eigenvalue weighted by Crippen LogP contribution is -2.13. The predicted molar refractivity (Wildman–Crippen MR) is 95.3 cm³/mol. The average molecular weight is 346 g/mol. The standard InChI is InChI=1S/C17H22N4O4/c1-10(2)18-16-19-14(20-17(22)21-16)7-6-11-8-12(23-3)15(25-5)13(9-11)24-4/h6-10H,1-5H3,(H2,18,19,20,21,22)/b7-6+. The van der Waals surface area contributed by atoms with E-state index in [1.165, 1.54) is 0 Å². The summed E-state index contributed by atoms with van der Waals surface area (Å²) in [5, 5.41) is 12.7. The van der Waals surface area contributed by atoms with Gasteiger partial charge in [-0.05, 0) is 37.6 Å². The number of hydrogen-bond donors (Lipinski definition) is 2. The van der Waals surface area contributed by atoms with E-state index in [1.54, 1.807) is 45.6 Å². The first-order valence-electron chi connectivity index (χ1n) is 7.66. The monoisotopic (exact) mass is 346 g/mol. The Morgan fingerprint density at radius 3 is 2.12 bits per heavy atom. The number of aromatic hydroxyl groups is 1. The molecule has 2 rings (SSSR count). The Balaban J connectivity index is 2.34. The second-order valence-corrected chi connectivity index (χ2v) is 5.41. The molecule has 0 aliphatic heterocycles. The van der Waals surface area contributed by atoms with Gasteiger partial charge in [0.15, 0.2) is 17.3 Å². The van der Waals surface area contributed by atoms with E-state index >= 15 is 0 Å². The van der Waals surface area contributed by atoms with Crippen molar-refractivity contribution >= 4 is 18.1 Å². The molecular weight excluding hydrogens is 324 g/mol. The van der Waals surface area contributed by atoms with Crippen LogP contribution in [0.2, 0.25) is 0 Å². The molecule has 0 saturated carbocycles. The molecule has 0 unspecified atom stereocenters. The molecule has 0 saturated heterocycles. The van der Waals surface area contributed by atoms with Gasteiger partial charge in [0.1, 0.15) is 0 Å². The number of hydrogen-bond acceptors (Lipinski definition) is 8. The third kappa shape index (κ3) is 4.72. The van der Waals surface area contributed by atoms with Crippen molar-refractivity contribution in [2.24, 2.45) is 0 Å². The Bertz CT molecular complexity index is 737. The van der Waals surface area contributed by atoms with E-state index in [9.17, 15) is 5.11 Å². The first-order valence-corrected chi connectivity index (χ1v) is 7.66. The number of methoxy groups -OCH3 is 3. The van der Waals surface area contributed by atoms with Crippen molar-refractivity contribution in [3.05, 3.63) is 23.5 Å². The predicted octanol–water partition coefficient (Wildman–Crippen LogP) is 2.59. The molecule has 1 aromatic carbocycles. The van der Waals surface area contributed by atoms with E-state index in [1.807, 2.05) is 13.8 Å². The molecule has 1 heterocycles. The fourth-order valence-electron chi connectivity index (χ4n) is 2.15. The maximum Gasteiger partial charge on any atom is 0.319 e. The minimum atomic E-state index is -0.345. The molecule has 1 aromatic heterocycles. The van der Waals surface area contributed by atoms with Crippen molar-refractivity contribution in [3.63, 3.8) is 0 Å². The fourth-order valence-corrected chi connectivity index (χ4v) is 2.15. The van der Waals surface area contributed by atoms with Crippen LogP contribution in [0.3, 0.4) is 0 Å². The third-order valence-corrected chi connectivity index (χ3v) is 3.17. The molecule has 0 aliphatic carbocycles. The smallest absolute Gasteiger partial charge is 0.319 e. The summed E-state index contributed by atoms with van der Waals surface area (Å²) in [7, 11) is 4.66. The summed E-state index contributed by atoms with van der Waals surface area (Å²) in [6.45, 7) is 3.90. The number of ether oxygens (including phenoxy) is 3. The van der Waals surface area contributed by atoms with Crippen LogP contribution in [-0.2, 0) is 0 Å².